The second kappa shape index (κ2) is 5.14. The van der Waals surface area contributed by atoms with E-state index in [4.69, 9.17) is 5.26 Å². The number of hydrogen-bond acceptors (Lipinski definition) is 2. The maximum absolute atomic E-state index is 9.07. The molecule has 0 N–H and O–H groups in total. The van der Waals surface area contributed by atoms with Crippen LogP contribution in [-0.4, -0.2) is 18.0 Å². The Bertz CT molecular complexity index is 366. The van der Waals surface area contributed by atoms with Gasteiger partial charge in [0.25, 0.3) is 0 Å². The van der Waals surface area contributed by atoms with Crippen molar-refractivity contribution in [1.82, 2.24) is 4.90 Å². The molecule has 0 saturated carbocycles. The first-order chi connectivity index (χ1) is 7.83. The summed E-state index contributed by atoms with van der Waals surface area (Å²) in [4.78, 5) is 2.40. The Hall–Kier alpha value is -1.33. The van der Waals surface area contributed by atoms with Gasteiger partial charge in [0.05, 0.1) is 12.0 Å². The van der Waals surface area contributed by atoms with E-state index < -0.39 is 0 Å². The van der Waals surface area contributed by atoms with E-state index in [0.29, 0.717) is 5.92 Å². The zero-order valence-electron chi connectivity index (χ0n) is 9.76. The standard InChI is InChI=1S/C14H18N2/c1-2-13-10-16(11-14(13)8-15)9-12-6-4-3-5-7-12/h3-7,13-14H,2,9-11H2,1H3/t13-,14-/m0/s1. The Morgan fingerprint density at radius 2 is 2.06 bits per heavy atom. The fourth-order valence-corrected chi connectivity index (χ4v) is 2.49. The van der Waals surface area contributed by atoms with Crippen molar-refractivity contribution in [3.8, 4) is 6.07 Å². The van der Waals surface area contributed by atoms with Crippen LogP contribution in [0, 0.1) is 23.2 Å². The van der Waals surface area contributed by atoms with Crippen LogP contribution in [0.25, 0.3) is 0 Å². The van der Waals surface area contributed by atoms with E-state index in [1.165, 1.54) is 5.56 Å². The normalized spacial score (nSPS) is 25.5. The molecule has 1 saturated heterocycles. The van der Waals surface area contributed by atoms with E-state index in [-0.39, 0.29) is 5.92 Å². The predicted octanol–water partition coefficient (Wildman–Crippen LogP) is 2.67. The molecule has 1 fully saturated rings. The predicted molar refractivity (Wildman–Crippen MR) is 64.6 cm³/mol. The molecule has 0 aromatic heterocycles. The minimum atomic E-state index is 0.230. The average Bonchev–Trinajstić information content (AvgIpc) is 2.72. The zero-order valence-corrected chi connectivity index (χ0v) is 9.76. The number of hydrogen-bond donors (Lipinski definition) is 0. The van der Waals surface area contributed by atoms with Gasteiger partial charge < -0.3 is 0 Å². The summed E-state index contributed by atoms with van der Waals surface area (Å²) in [7, 11) is 0. The van der Waals surface area contributed by atoms with Crippen LogP contribution < -0.4 is 0 Å². The fourth-order valence-electron chi connectivity index (χ4n) is 2.49. The Morgan fingerprint density at radius 1 is 1.31 bits per heavy atom. The Kier molecular flexibility index (Phi) is 3.58. The number of rotatable bonds is 3. The van der Waals surface area contributed by atoms with Gasteiger partial charge in [-0.05, 0) is 11.5 Å². The highest BCUT2D eigenvalue weighted by molar-refractivity contribution is 5.15. The third kappa shape index (κ3) is 2.43. The van der Waals surface area contributed by atoms with Crippen LogP contribution in [0.2, 0.25) is 0 Å². The summed E-state index contributed by atoms with van der Waals surface area (Å²) in [5.41, 5.74) is 1.34. The van der Waals surface area contributed by atoms with E-state index in [2.05, 4.69) is 42.2 Å². The minimum Gasteiger partial charge on any atom is -0.297 e. The molecule has 1 aliphatic heterocycles. The third-order valence-corrected chi connectivity index (χ3v) is 3.46. The van der Waals surface area contributed by atoms with Gasteiger partial charge >= 0.3 is 0 Å². The summed E-state index contributed by atoms with van der Waals surface area (Å²) in [6, 6.07) is 12.9. The highest BCUT2D eigenvalue weighted by atomic mass is 15.1. The SMILES string of the molecule is CC[C@H]1CN(Cc2ccccc2)C[C@@H]1C#N. The molecule has 1 aliphatic rings. The molecule has 2 nitrogen and oxygen atoms in total. The van der Waals surface area contributed by atoms with Gasteiger partial charge in [-0.25, -0.2) is 0 Å². The molecule has 2 rings (SSSR count). The lowest BCUT2D eigenvalue weighted by Gasteiger charge is -2.15. The molecule has 1 aromatic rings. The monoisotopic (exact) mass is 214 g/mol. The molecule has 84 valence electrons. The number of nitrogens with zero attached hydrogens (tertiary/aromatic N) is 2. The van der Waals surface area contributed by atoms with E-state index in [9.17, 15) is 0 Å². The lowest BCUT2D eigenvalue weighted by atomic mass is 9.95. The Labute approximate surface area is 97.5 Å². The summed E-state index contributed by atoms with van der Waals surface area (Å²) in [6.07, 6.45) is 1.11. The van der Waals surface area contributed by atoms with Crippen molar-refractivity contribution in [1.29, 1.82) is 5.26 Å². The Morgan fingerprint density at radius 3 is 2.62 bits per heavy atom. The molecule has 16 heavy (non-hydrogen) atoms. The van der Waals surface area contributed by atoms with Crippen molar-refractivity contribution in [2.75, 3.05) is 13.1 Å². The van der Waals surface area contributed by atoms with Gasteiger partial charge in [-0.1, -0.05) is 43.7 Å². The molecule has 0 amide bonds. The van der Waals surface area contributed by atoms with Crippen molar-refractivity contribution in [3.63, 3.8) is 0 Å². The van der Waals surface area contributed by atoms with Gasteiger partial charge in [-0.2, -0.15) is 5.26 Å². The summed E-state index contributed by atoms with van der Waals surface area (Å²) in [5.74, 6) is 0.794. The smallest absolute Gasteiger partial charge is 0.0672 e. The van der Waals surface area contributed by atoms with Crippen LogP contribution in [0.15, 0.2) is 30.3 Å². The molecule has 0 bridgehead atoms. The second-order valence-corrected chi connectivity index (χ2v) is 4.58. The quantitative estimate of drug-likeness (QED) is 0.773. The van der Waals surface area contributed by atoms with Gasteiger partial charge in [0.1, 0.15) is 0 Å². The van der Waals surface area contributed by atoms with Crippen LogP contribution in [0.5, 0.6) is 0 Å². The minimum absolute atomic E-state index is 0.230. The van der Waals surface area contributed by atoms with Crippen molar-refractivity contribution in [2.45, 2.75) is 19.9 Å². The highest BCUT2D eigenvalue weighted by Gasteiger charge is 2.31. The van der Waals surface area contributed by atoms with E-state index in [1.807, 2.05) is 6.07 Å². The van der Waals surface area contributed by atoms with Gasteiger partial charge in [0.15, 0.2) is 0 Å². The molecule has 0 radical (unpaired) electrons. The van der Waals surface area contributed by atoms with Gasteiger partial charge in [0, 0.05) is 19.6 Å². The van der Waals surface area contributed by atoms with E-state index in [0.717, 1.165) is 26.1 Å². The molecule has 1 heterocycles. The van der Waals surface area contributed by atoms with Gasteiger partial charge in [-0.15, -0.1) is 0 Å². The summed E-state index contributed by atoms with van der Waals surface area (Å²) in [5, 5.41) is 9.07. The van der Waals surface area contributed by atoms with Crippen molar-refractivity contribution in [3.05, 3.63) is 35.9 Å². The summed E-state index contributed by atoms with van der Waals surface area (Å²) in [6.45, 7) is 5.17. The third-order valence-electron chi connectivity index (χ3n) is 3.46. The van der Waals surface area contributed by atoms with Crippen molar-refractivity contribution >= 4 is 0 Å². The molecule has 0 unspecified atom stereocenters. The van der Waals surface area contributed by atoms with Crippen LogP contribution in [0.1, 0.15) is 18.9 Å². The number of nitriles is 1. The molecule has 0 aliphatic carbocycles. The van der Waals surface area contributed by atoms with Gasteiger partial charge in [-0.3, -0.25) is 4.90 Å². The first kappa shape index (κ1) is 11.2. The fraction of sp³-hybridized carbons (Fsp3) is 0.500. The molecule has 1 aromatic carbocycles. The number of likely N-dealkylation sites (tertiary alicyclic amines) is 1. The molecule has 2 atom stereocenters. The van der Waals surface area contributed by atoms with Gasteiger partial charge in [0.2, 0.25) is 0 Å². The summed E-state index contributed by atoms with van der Waals surface area (Å²) >= 11 is 0. The van der Waals surface area contributed by atoms with Crippen LogP contribution in [0.3, 0.4) is 0 Å². The molecule has 0 spiro atoms. The topological polar surface area (TPSA) is 27.0 Å². The lowest BCUT2D eigenvalue weighted by Crippen LogP contribution is -2.20. The van der Waals surface area contributed by atoms with Crippen LogP contribution >= 0.6 is 0 Å². The van der Waals surface area contributed by atoms with E-state index >= 15 is 0 Å². The summed E-state index contributed by atoms with van der Waals surface area (Å²) < 4.78 is 0. The van der Waals surface area contributed by atoms with Crippen molar-refractivity contribution in [2.24, 2.45) is 11.8 Å². The maximum atomic E-state index is 9.07. The lowest BCUT2D eigenvalue weighted by molar-refractivity contribution is 0.314. The van der Waals surface area contributed by atoms with Crippen molar-refractivity contribution < 1.29 is 0 Å². The highest BCUT2D eigenvalue weighted by Crippen LogP contribution is 2.26. The molecular formula is C14H18N2. The molecular weight excluding hydrogens is 196 g/mol. The maximum Gasteiger partial charge on any atom is 0.0672 e. The second-order valence-electron chi connectivity index (χ2n) is 4.58. The average molecular weight is 214 g/mol. The first-order valence-electron chi connectivity index (χ1n) is 5.99. The largest absolute Gasteiger partial charge is 0.297 e. The Balaban J connectivity index is 1.96. The van der Waals surface area contributed by atoms with Crippen LogP contribution in [-0.2, 0) is 6.54 Å². The van der Waals surface area contributed by atoms with E-state index in [1.54, 1.807) is 0 Å². The van der Waals surface area contributed by atoms with Crippen LogP contribution in [0.4, 0.5) is 0 Å². The first-order valence-corrected chi connectivity index (χ1v) is 5.99. The molecule has 2 heteroatoms. The number of benzene rings is 1. The zero-order chi connectivity index (χ0) is 11.4.